The van der Waals surface area contributed by atoms with Crippen LogP contribution in [0.3, 0.4) is 0 Å². The van der Waals surface area contributed by atoms with Crippen molar-refractivity contribution in [1.29, 1.82) is 0 Å². The zero-order valence-electron chi connectivity index (χ0n) is 14.5. The Bertz CT molecular complexity index is 766. The van der Waals surface area contributed by atoms with Gasteiger partial charge in [-0.05, 0) is 30.2 Å². The van der Waals surface area contributed by atoms with E-state index < -0.39 is 12.1 Å². The lowest BCUT2D eigenvalue weighted by Crippen LogP contribution is -2.26. The first-order valence-electron chi connectivity index (χ1n) is 8.55. The number of hydrogen-bond donors (Lipinski definition) is 2. The number of aromatic nitrogens is 1. The van der Waals surface area contributed by atoms with Crippen molar-refractivity contribution in [2.24, 2.45) is 5.73 Å². The van der Waals surface area contributed by atoms with Gasteiger partial charge in [0.15, 0.2) is 0 Å². The summed E-state index contributed by atoms with van der Waals surface area (Å²) in [6.45, 7) is 3.32. The minimum absolute atomic E-state index is 0.116. The van der Waals surface area contributed by atoms with Gasteiger partial charge in [-0.15, -0.1) is 0 Å². The minimum Gasteiger partial charge on any atom is -0.474 e. The van der Waals surface area contributed by atoms with Gasteiger partial charge in [-0.1, -0.05) is 29.3 Å². The average Bonchev–Trinajstić information content (AvgIpc) is 2.64. The molecule has 0 radical (unpaired) electrons. The number of halogens is 2. The van der Waals surface area contributed by atoms with E-state index in [-0.39, 0.29) is 6.10 Å². The first kappa shape index (κ1) is 19.4. The van der Waals surface area contributed by atoms with Gasteiger partial charge in [-0.25, -0.2) is 4.98 Å². The fraction of sp³-hybridized carbons (Fsp3) is 0.421. The highest BCUT2D eigenvalue weighted by Crippen LogP contribution is 2.32. The van der Waals surface area contributed by atoms with Crippen LogP contribution >= 0.6 is 23.2 Å². The smallest absolute Gasteiger partial charge is 0.213 e. The van der Waals surface area contributed by atoms with E-state index in [0.717, 1.165) is 18.4 Å². The molecule has 0 amide bonds. The Kier molecular flexibility index (Phi) is 6.37. The maximum atomic E-state index is 10.7. The maximum absolute atomic E-state index is 10.7. The number of aliphatic hydroxyl groups is 1. The van der Waals surface area contributed by atoms with Gasteiger partial charge in [-0.2, -0.15) is 0 Å². The summed E-state index contributed by atoms with van der Waals surface area (Å²) < 4.78 is 11.2. The van der Waals surface area contributed by atoms with Crippen molar-refractivity contribution in [3.05, 3.63) is 57.2 Å². The second-order valence-corrected chi connectivity index (χ2v) is 7.27. The van der Waals surface area contributed by atoms with E-state index in [2.05, 4.69) is 4.98 Å². The highest BCUT2D eigenvalue weighted by atomic mass is 35.5. The second kappa shape index (κ2) is 8.55. The summed E-state index contributed by atoms with van der Waals surface area (Å²) in [7, 11) is 0. The highest BCUT2D eigenvalue weighted by Gasteiger charge is 2.23. The number of aliphatic hydroxyl groups excluding tert-OH is 1. The molecule has 7 heteroatoms. The van der Waals surface area contributed by atoms with Gasteiger partial charge < -0.3 is 20.3 Å². The fourth-order valence-electron chi connectivity index (χ4n) is 2.97. The predicted octanol–water partition coefficient (Wildman–Crippen LogP) is 3.99. The lowest BCUT2D eigenvalue weighted by atomic mass is 9.95. The number of benzene rings is 1. The molecule has 1 aliphatic heterocycles. The van der Waals surface area contributed by atoms with Crippen molar-refractivity contribution in [1.82, 2.24) is 4.98 Å². The van der Waals surface area contributed by atoms with Crippen LogP contribution in [0.5, 0.6) is 5.88 Å². The molecule has 1 aromatic carbocycles. The van der Waals surface area contributed by atoms with Gasteiger partial charge in [0.1, 0.15) is 6.10 Å². The summed E-state index contributed by atoms with van der Waals surface area (Å²) in [5.74, 6) is 0.549. The molecule has 0 saturated carbocycles. The molecule has 3 N–H and O–H groups in total. The number of ether oxygens (including phenoxy) is 2. The van der Waals surface area contributed by atoms with Crippen LogP contribution in [0.4, 0.5) is 0 Å². The Labute approximate surface area is 163 Å². The summed E-state index contributed by atoms with van der Waals surface area (Å²) in [5.41, 5.74) is 8.45. The van der Waals surface area contributed by atoms with Gasteiger partial charge in [-0.3, -0.25) is 0 Å². The molecule has 0 spiro atoms. The Morgan fingerprint density at radius 1 is 1.23 bits per heavy atom. The third kappa shape index (κ3) is 4.48. The molecule has 0 aliphatic carbocycles. The Morgan fingerprint density at radius 3 is 2.62 bits per heavy atom. The molecular formula is C19H22Cl2N2O3. The molecule has 1 saturated heterocycles. The van der Waals surface area contributed by atoms with E-state index in [1.54, 1.807) is 24.4 Å². The number of nitrogens with zero attached hydrogens (tertiary/aromatic N) is 1. The van der Waals surface area contributed by atoms with E-state index in [0.29, 0.717) is 40.3 Å². The number of rotatable bonds is 5. The average molecular weight is 397 g/mol. The largest absolute Gasteiger partial charge is 0.474 e. The molecule has 26 heavy (non-hydrogen) atoms. The van der Waals surface area contributed by atoms with Crippen LogP contribution in [-0.2, 0) is 4.74 Å². The Balaban J connectivity index is 1.74. The van der Waals surface area contributed by atoms with E-state index in [1.165, 1.54) is 0 Å². The van der Waals surface area contributed by atoms with E-state index in [9.17, 15) is 5.11 Å². The Hall–Kier alpha value is -1.37. The van der Waals surface area contributed by atoms with Crippen molar-refractivity contribution in [2.45, 2.75) is 38.0 Å². The lowest BCUT2D eigenvalue weighted by Gasteiger charge is -2.24. The third-order valence-corrected chi connectivity index (χ3v) is 5.31. The molecule has 1 aromatic heterocycles. The first-order chi connectivity index (χ1) is 12.5. The van der Waals surface area contributed by atoms with Gasteiger partial charge in [0, 0.05) is 30.7 Å². The van der Waals surface area contributed by atoms with Crippen LogP contribution in [0.1, 0.15) is 41.7 Å². The van der Waals surface area contributed by atoms with Crippen LogP contribution in [0.2, 0.25) is 10.0 Å². The third-order valence-electron chi connectivity index (χ3n) is 4.57. The van der Waals surface area contributed by atoms with Crippen molar-refractivity contribution in [2.75, 3.05) is 13.2 Å². The summed E-state index contributed by atoms with van der Waals surface area (Å²) >= 11 is 12.0. The molecule has 2 heterocycles. The minimum atomic E-state index is -0.920. The fourth-order valence-corrected chi connectivity index (χ4v) is 3.28. The summed E-state index contributed by atoms with van der Waals surface area (Å²) in [5, 5.41) is 11.6. The quantitative estimate of drug-likeness (QED) is 0.798. The zero-order valence-corrected chi connectivity index (χ0v) is 16.0. The Morgan fingerprint density at radius 2 is 1.96 bits per heavy atom. The molecule has 1 aliphatic rings. The number of hydrogen-bond acceptors (Lipinski definition) is 5. The van der Waals surface area contributed by atoms with Gasteiger partial charge >= 0.3 is 0 Å². The molecule has 5 nitrogen and oxygen atoms in total. The normalized spacial score (nSPS) is 17.7. The molecule has 0 unspecified atom stereocenters. The van der Waals surface area contributed by atoms with Crippen molar-refractivity contribution in [3.8, 4) is 5.88 Å². The van der Waals surface area contributed by atoms with Crippen LogP contribution in [-0.4, -0.2) is 29.4 Å². The van der Waals surface area contributed by atoms with E-state index in [4.69, 9.17) is 38.4 Å². The summed E-state index contributed by atoms with van der Waals surface area (Å²) in [6.07, 6.45) is 2.52. The van der Waals surface area contributed by atoms with E-state index >= 15 is 0 Å². The van der Waals surface area contributed by atoms with Crippen LogP contribution in [0.25, 0.3) is 0 Å². The van der Waals surface area contributed by atoms with E-state index in [1.807, 2.05) is 13.0 Å². The SMILES string of the molecule is Cc1cc(OC2CCOCC2)ncc1[C@@H](O)[C@@H](N)c1ccc(Cl)c(Cl)c1. The van der Waals surface area contributed by atoms with Crippen LogP contribution in [0.15, 0.2) is 30.5 Å². The first-order valence-corrected chi connectivity index (χ1v) is 9.31. The van der Waals surface area contributed by atoms with Crippen molar-refractivity contribution in [3.63, 3.8) is 0 Å². The summed E-state index contributed by atoms with van der Waals surface area (Å²) in [4.78, 5) is 4.34. The second-order valence-electron chi connectivity index (χ2n) is 6.45. The highest BCUT2D eigenvalue weighted by molar-refractivity contribution is 6.42. The molecule has 1 fully saturated rings. The number of aryl methyl sites for hydroxylation is 1. The van der Waals surface area contributed by atoms with Gasteiger partial charge in [0.2, 0.25) is 5.88 Å². The molecule has 2 aromatic rings. The van der Waals surface area contributed by atoms with Crippen molar-refractivity contribution >= 4 is 23.2 Å². The lowest BCUT2D eigenvalue weighted by molar-refractivity contribution is 0.0236. The number of pyridine rings is 1. The van der Waals surface area contributed by atoms with Gasteiger partial charge in [0.25, 0.3) is 0 Å². The molecule has 3 rings (SSSR count). The molecular weight excluding hydrogens is 375 g/mol. The zero-order chi connectivity index (χ0) is 18.7. The maximum Gasteiger partial charge on any atom is 0.213 e. The molecule has 2 atom stereocenters. The topological polar surface area (TPSA) is 77.6 Å². The van der Waals surface area contributed by atoms with Crippen LogP contribution < -0.4 is 10.5 Å². The molecule has 0 bridgehead atoms. The monoisotopic (exact) mass is 396 g/mol. The standard InChI is InChI=1S/C19H22Cl2N2O3/c1-11-8-17(26-13-4-6-25-7-5-13)23-10-14(11)19(24)18(22)12-2-3-15(20)16(21)9-12/h2-3,8-10,13,18-19,24H,4-7,22H2,1H3/t18-,19+/m0/s1. The predicted molar refractivity (Wildman–Crippen MR) is 102 cm³/mol. The van der Waals surface area contributed by atoms with Crippen LogP contribution in [0, 0.1) is 6.92 Å². The molecule has 140 valence electrons. The van der Waals surface area contributed by atoms with Gasteiger partial charge in [0.05, 0.1) is 35.4 Å². The van der Waals surface area contributed by atoms with Crippen molar-refractivity contribution < 1.29 is 14.6 Å². The number of nitrogens with two attached hydrogens (primary N) is 1. The summed E-state index contributed by atoms with van der Waals surface area (Å²) in [6, 6.07) is 6.28.